The fourth-order valence-corrected chi connectivity index (χ4v) is 1.70. The fraction of sp³-hybridized carbons (Fsp3) is 0.308. The Morgan fingerprint density at radius 3 is 2.74 bits per heavy atom. The highest BCUT2D eigenvalue weighted by molar-refractivity contribution is 5.94. The molecule has 0 radical (unpaired) electrons. The summed E-state index contributed by atoms with van der Waals surface area (Å²) in [6, 6.07) is 4.61. The lowest BCUT2D eigenvalue weighted by Gasteiger charge is -2.19. The molecule has 1 heterocycles. The molecule has 0 unspecified atom stereocenters. The smallest absolute Gasteiger partial charge is 0.277 e. The van der Waals surface area contributed by atoms with Crippen LogP contribution < -0.4 is 10.5 Å². The summed E-state index contributed by atoms with van der Waals surface area (Å²) in [5, 5.41) is 12.1. The number of rotatable bonds is 4. The number of non-ortho nitro benzene ring substituents is 1. The maximum atomic E-state index is 11.0. The topological polar surface area (TPSA) is 91.3 Å². The van der Waals surface area contributed by atoms with E-state index < -0.39 is 10.5 Å². The predicted octanol–water partition coefficient (Wildman–Crippen LogP) is 2.26. The number of pyridine rings is 1. The molecule has 1 aromatic heterocycles. The van der Waals surface area contributed by atoms with Crippen molar-refractivity contribution in [2.24, 2.45) is 5.73 Å². The van der Waals surface area contributed by atoms with Gasteiger partial charge in [0.25, 0.3) is 5.69 Å². The lowest BCUT2D eigenvalue weighted by atomic mass is 10.1. The van der Waals surface area contributed by atoms with Crippen LogP contribution in [0, 0.1) is 10.1 Å². The van der Waals surface area contributed by atoms with Gasteiger partial charge in [0.15, 0.2) is 0 Å². The first-order chi connectivity index (χ1) is 8.88. The van der Waals surface area contributed by atoms with Crippen LogP contribution in [0.5, 0.6) is 5.75 Å². The standard InChI is InChI=1S/C13H15N3O3/c1-13(2,14)8-19-12-4-3-11(16(17)18)9-5-6-15-7-10(9)12/h3-7H,8,14H2,1-2H3. The molecule has 1 aromatic carbocycles. The molecule has 2 aromatic rings. The lowest BCUT2D eigenvalue weighted by molar-refractivity contribution is -0.383. The van der Waals surface area contributed by atoms with Crippen LogP contribution in [0.4, 0.5) is 5.69 Å². The molecule has 2 N–H and O–H groups in total. The van der Waals surface area contributed by atoms with Gasteiger partial charge >= 0.3 is 0 Å². The summed E-state index contributed by atoms with van der Waals surface area (Å²) in [6.45, 7) is 4.01. The Bertz CT molecular complexity index is 620. The Morgan fingerprint density at radius 1 is 1.37 bits per heavy atom. The molecule has 0 amide bonds. The Labute approximate surface area is 110 Å². The number of nitrogens with zero attached hydrogens (tertiary/aromatic N) is 2. The summed E-state index contributed by atoms with van der Waals surface area (Å²) in [4.78, 5) is 14.5. The maximum Gasteiger partial charge on any atom is 0.277 e. The number of fused-ring (bicyclic) bond motifs is 1. The zero-order chi connectivity index (χ0) is 14.0. The highest BCUT2D eigenvalue weighted by Crippen LogP contribution is 2.32. The molecule has 6 heteroatoms. The van der Waals surface area contributed by atoms with E-state index in [1.54, 1.807) is 18.3 Å². The van der Waals surface area contributed by atoms with E-state index in [1.807, 2.05) is 13.8 Å². The highest BCUT2D eigenvalue weighted by atomic mass is 16.6. The monoisotopic (exact) mass is 261 g/mol. The molecular weight excluding hydrogens is 246 g/mol. The van der Waals surface area contributed by atoms with E-state index in [2.05, 4.69) is 4.98 Å². The summed E-state index contributed by atoms with van der Waals surface area (Å²) < 4.78 is 5.63. The SMILES string of the molecule is CC(C)(N)COc1ccc([N+](=O)[O-])c2ccncc12. The maximum absolute atomic E-state index is 11.0. The van der Waals surface area contributed by atoms with Gasteiger partial charge in [-0.25, -0.2) is 0 Å². The molecule has 0 aliphatic rings. The molecule has 19 heavy (non-hydrogen) atoms. The first kappa shape index (κ1) is 13.2. The number of hydrogen-bond acceptors (Lipinski definition) is 5. The van der Waals surface area contributed by atoms with E-state index in [-0.39, 0.29) is 5.69 Å². The van der Waals surface area contributed by atoms with Crippen molar-refractivity contribution in [2.45, 2.75) is 19.4 Å². The van der Waals surface area contributed by atoms with Crippen molar-refractivity contribution < 1.29 is 9.66 Å². The second-order valence-corrected chi connectivity index (χ2v) is 5.04. The summed E-state index contributed by atoms with van der Waals surface area (Å²) in [7, 11) is 0. The summed E-state index contributed by atoms with van der Waals surface area (Å²) in [5.74, 6) is 0.548. The predicted molar refractivity (Wildman–Crippen MR) is 72.2 cm³/mol. The summed E-state index contributed by atoms with van der Waals surface area (Å²) in [5.41, 5.74) is 5.42. The largest absolute Gasteiger partial charge is 0.491 e. The second-order valence-electron chi connectivity index (χ2n) is 5.04. The van der Waals surface area contributed by atoms with Crippen LogP contribution in [0.2, 0.25) is 0 Å². The van der Waals surface area contributed by atoms with Crippen molar-refractivity contribution in [3.63, 3.8) is 0 Å². The molecule has 0 aliphatic heterocycles. The zero-order valence-electron chi connectivity index (χ0n) is 10.8. The third-order valence-electron chi connectivity index (χ3n) is 2.55. The number of hydrogen-bond donors (Lipinski definition) is 1. The van der Waals surface area contributed by atoms with Gasteiger partial charge in [-0.3, -0.25) is 15.1 Å². The van der Waals surface area contributed by atoms with Gasteiger partial charge in [-0.1, -0.05) is 0 Å². The molecule has 0 spiro atoms. The van der Waals surface area contributed by atoms with Gasteiger partial charge < -0.3 is 10.5 Å². The minimum absolute atomic E-state index is 0.0387. The number of nitro benzene ring substituents is 1. The molecule has 0 atom stereocenters. The molecule has 100 valence electrons. The molecule has 2 rings (SSSR count). The number of nitro groups is 1. The van der Waals surface area contributed by atoms with Crippen molar-refractivity contribution >= 4 is 16.5 Å². The highest BCUT2D eigenvalue weighted by Gasteiger charge is 2.17. The number of nitrogens with two attached hydrogens (primary N) is 1. The Kier molecular flexibility index (Phi) is 3.35. The van der Waals surface area contributed by atoms with E-state index in [0.29, 0.717) is 23.1 Å². The molecule has 0 aliphatic carbocycles. The van der Waals surface area contributed by atoms with Crippen LogP contribution >= 0.6 is 0 Å². The van der Waals surface area contributed by atoms with Gasteiger partial charge in [0, 0.05) is 29.4 Å². The minimum Gasteiger partial charge on any atom is -0.491 e. The van der Waals surface area contributed by atoms with Crippen LogP contribution in [0.1, 0.15) is 13.8 Å². The van der Waals surface area contributed by atoms with Crippen molar-refractivity contribution in [2.75, 3.05) is 6.61 Å². The van der Waals surface area contributed by atoms with E-state index in [1.165, 1.54) is 12.3 Å². The van der Waals surface area contributed by atoms with E-state index in [0.717, 1.165) is 0 Å². The number of aromatic nitrogens is 1. The van der Waals surface area contributed by atoms with Crippen LogP contribution in [-0.2, 0) is 0 Å². The van der Waals surface area contributed by atoms with E-state index in [9.17, 15) is 10.1 Å². The zero-order valence-corrected chi connectivity index (χ0v) is 10.8. The Morgan fingerprint density at radius 2 is 2.11 bits per heavy atom. The van der Waals surface area contributed by atoms with Crippen LogP contribution in [0.15, 0.2) is 30.6 Å². The quantitative estimate of drug-likeness (QED) is 0.673. The fourth-order valence-electron chi connectivity index (χ4n) is 1.70. The van der Waals surface area contributed by atoms with Gasteiger partial charge in [-0.05, 0) is 26.0 Å². The molecular formula is C13H15N3O3. The molecule has 0 fully saturated rings. The second kappa shape index (κ2) is 4.81. The van der Waals surface area contributed by atoms with E-state index in [4.69, 9.17) is 10.5 Å². The average molecular weight is 261 g/mol. The normalized spacial score (nSPS) is 11.5. The van der Waals surface area contributed by atoms with Crippen LogP contribution in [0.3, 0.4) is 0 Å². The Balaban J connectivity index is 2.47. The van der Waals surface area contributed by atoms with Gasteiger partial charge in [0.1, 0.15) is 12.4 Å². The van der Waals surface area contributed by atoms with Crippen molar-refractivity contribution in [1.29, 1.82) is 0 Å². The average Bonchev–Trinajstić information content (AvgIpc) is 2.34. The van der Waals surface area contributed by atoms with Crippen LogP contribution in [0.25, 0.3) is 10.8 Å². The number of benzene rings is 1. The molecule has 0 bridgehead atoms. The third kappa shape index (κ3) is 2.97. The van der Waals surface area contributed by atoms with Crippen molar-refractivity contribution in [3.05, 3.63) is 40.7 Å². The summed E-state index contributed by atoms with van der Waals surface area (Å²) in [6.07, 6.45) is 3.08. The van der Waals surface area contributed by atoms with Crippen molar-refractivity contribution in [3.8, 4) is 5.75 Å². The van der Waals surface area contributed by atoms with Gasteiger partial charge in [0.05, 0.1) is 10.3 Å². The third-order valence-corrected chi connectivity index (χ3v) is 2.55. The van der Waals surface area contributed by atoms with Gasteiger partial charge in [-0.15, -0.1) is 0 Å². The summed E-state index contributed by atoms with van der Waals surface area (Å²) >= 11 is 0. The van der Waals surface area contributed by atoms with E-state index >= 15 is 0 Å². The molecule has 0 saturated heterocycles. The lowest BCUT2D eigenvalue weighted by Crippen LogP contribution is -2.38. The van der Waals surface area contributed by atoms with Crippen LogP contribution in [-0.4, -0.2) is 22.1 Å². The number of ether oxygens (including phenoxy) is 1. The molecule has 6 nitrogen and oxygen atoms in total. The first-order valence-corrected chi connectivity index (χ1v) is 5.81. The first-order valence-electron chi connectivity index (χ1n) is 5.81. The minimum atomic E-state index is -0.476. The van der Waals surface area contributed by atoms with Crippen molar-refractivity contribution in [1.82, 2.24) is 4.98 Å². The van der Waals surface area contributed by atoms with Gasteiger partial charge in [0.2, 0.25) is 0 Å². The Hall–Kier alpha value is -2.21. The van der Waals surface area contributed by atoms with Gasteiger partial charge in [-0.2, -0.15) is 0 Å². The molecule has 0 saturated carbocycles.